The van der Waals surface area contributed by atoms with Gasteiger partial charge in [0.25, 0.3) is 0 Å². The van der Waals surface area contributed by atoms with Crippen LogP contribution < -0.4 is 0 Å². The van der Waals surface area contributed by atoms with E-state index in [1.54, 1.807) is 0 Å². The molecule has 20 heavy (non-hydrogen) atoms. The van der Waals surface area contributed by atoms with Gasteiger partial charge in [0.15, 0.2) is 5.82 Å². The summed E-state index contributed by atoms with van der Waals surface area (Å²) in [5, 5.41) is 8.53. The van der Waals surface area contributed by atoms with Crippen LogP contribution in [-0.4, -0.2) is 36.4 Å². The van der Waals surface area contributed by atoms with Gasteiger partial charge in [-0.05, 0) is 25.0 Å². The fourth-order valence-corrected chi connectivity index (χ4v) is 4.35. The maximum Gasteiger partial charge on any atom is 0.304 e. The Morgan fingerprint density at radius 1 is 1.50 bits per heavy atom. The van der Waals surface area contributed by atoms with Gasteiger partial charge in [-0.15, -0.1) is 0 Å². The SMILES string of the molecule is O=C(O)CC1CCCN1S(=O)(=O)c1cccc(Cl)c1F. The monoisotopic (exact) mass is 321 g/mol. The van der Waals surface area contributed by atoms with E-state index in [1.165, 1.54) is 12.1 Å². The second-order valence-electron chi connectivity index (χ2n) is 4.56. The third-order valence-electron chi connectivity index (χ3n) is 3.24. The molecular formula is C12H13ClFNO4S. The lowest BCUT2D eigenvalue weighted by Gasteiger charge is -2.23. The van der Waals surface area contributed by atoms with E-state index in [9.17, 15) is 17.6 Å². The number of rotatable bonds is 4. The molecule has 110 valence electrons. The molecule has 0 spiro atoms. The number of nitrogens with zero attached hydrogens (tertiary/aromatic N) is 1. The minimum absolute atomic E-state index is 0.187. The summed E-state index contributed by atoms with van der Waals surface area (Å²) in [5.41, 5.74) is 0. The molecule has 0 radical (unpaired) electrons. The van der Waals surface area contributed by atoms with Gasteiger partial charge in [0.05, 0.1) is 11.4 Å². The van der Waals surface area contributed by atoms with Crippen LogP contribution >= 0.6 is 11.6 Å². The Morgan fingerprint density at radius 2 is 2.20 bits per heavy atom. The molecule has 0 aromatic heterocycles. The number of sulfonamides is 1. The van der Waals surface area contributed by atoms with Crippen molar-refractivity contribution < 1.29 is 22.7 Å². The van der Waals surface area contributed by atoms with Gasteiger partial charge < -0.3 is 5.11 Å². The van der Waals surface area contributed by atoms with Crippen molar-refractivity contribution in [3.05, 3.63) is 29.0 Å². The maximum atomic E-state index is 13.9. The molecule has 0 aliphatic carbocycles. The first-order valence-electron chi connectivity index (χ1n) is 6.01. The Bertz CT molecular complexity index is 634. The van der Waals surface area contributed by atoms with Gasteiger partial charge in [0, 0.05) is 12.6 Å². The van der Waals surface area contributed by atoms with Crippen molar-refractivity contribution in [2.75, 3.05) is 6.54 Å². The molecule has 1 fully saturated rings. The molecular weight excluding hydrogens is 309 g/mol. The minimum Gasteiger partial charge on any atom is -0.481 e. The average molecular weight is 322 g/mol. The minimum atomic E-state index is -4.08. The topological polar surface area (TPSA) is 74.7 Å². The molecule has 8 heteroatoms. The van der Waals surface area contributed by atoms with Gasteiger partial charge in [-0.1, -0.05) is 17.7 Å². The van der Waals surface area contributed by atoms with Crippen LogP contribution in [0.3, 0.4) is 0 Å². The number of aliphatic carboxylic acids is 1. The lowest BCUT2D eigenvalue weighted by Crippen LogP contribution is -2.37. The molecule has 1 aromatic carbocycles. The number of hydrogen-bond acceptors (Lipinski definition) is 3. The predicted molar refractivity (Wildman–Crippen MR) is 70.6 cm³/mol. The first-order chi connectivity index (χ1) is 9.34. The van der Waals surface area contributed by atoms with Crippen molar-refractivity contribution in [3.63, 3.8) is 0 Å². The lowest BCUT2D eigenvalue weighted by molar-refractivity contribution is -0.137. The summed E-state index contributed by atoms with van der Waals surface area (Å²) in [5.74, 6) is -2.08. The molecule has 0 bridgehead atoms. The zero-order chi connectivity index (χ0) is 14.9. The van der Waals surface area contributed by atoms with Crippen LogP contribution in [0.1, 0.15) is 19.3 Å². The smallest absolute Gasteiger partial charge is 0.304 e. The number of halogens is 2. The van der Waals surface area contributed by atoms with E-state index < -0.39 is 32.7 Å². The fraction of sp³-hybridized carbons (Fsp3) is 0.417. The summed E-state index contributed by atoms with van der Waals surface area (Å²) in [6, 6.07) is 3.10. The molecule has 1 N–H and O–H groups in total. The highest BCUT2D eigenvalue weighted by Gasteiger charge is 2.37. The van der Waals surface area contributed by atoms with Gasteiger partial charge in [-0.2, -0.15) is 4.31 Å². The fourth-order valence-electron chi connectivity index (χ4n) is 2.34. The van der Waals surface area contributed by atoms with E-state index in [2.05, 4.69) is 0 Å². The highest BCUT2D eigenvalue weighted by atomic mass is 35.5. The maximum absolute atomic E-state index is 13.9. The van der Waals surface area contributed by atoms with Crippen molar-refractivity contribution in [1.82, 2.24) is 4.31 Å². The molecule has 1 aliphatic heterocycles. The Kier molecular flexibility index (Phi) is 4.31. The number of benzene rings is 1. The Balaban J connectivity index is 2.39. The van der Waals surface area contributed by atoms with Crippen LogP contribution in [0, 0.1) is 5.82 Å². The van der Waals surface area contributed by atoms with Gasteiger partial charge >= 0.3 is 5.97 Å². The summed E-state index contributed by atoms with van der Waals surface area (Å²) in [6.45, 7) is 0.187. The molecule has 1 unspecified atom stereocenters. The van der Waals surface area contributed by atoms with Crippen LogP contribution in [0.25, 0.3) is 0 Å². The summed E-state index contributed by atoms with van der Waals surface area (Å²) < 4.78 is 39.8. The zero-order valence-corrected chi connectivity index (χ0v) is 12.0. The van der Waals surface area contributed by atoms with Crippen molar-refractivity contribution in [1.29, 1.82) is 0 Å². The highest BCUT2D eigenvalue weighted by molar-refractivity contribution is 7.89. The highest BCUT2D eigenvalue weighted by Crippen LogP contribution is 2.30. The summed E-state index contributed by atoms with van der Waals surface area (Å²) in [6.07, 6.45) is 0.717. The predicted octanol–water partition coefficient (Wildman–Crippen LogP) is 2.11. The van der Waals surface area contributed by atoms with Crippen molar-refractivity contribution in [2.45, 2.75) is 30.2 Å². The molecule has 1 saturated heterocycles. The van der Waals surface area contributed by atoms with Crippen LogP contribution in [-0.2, 0) is 14.8 Å². The normalized spacial score (nSPS) is 20.2. The lowest BCUT2D eigenvalue weighted by atomic mass is 10.2. The third kappa shape index (κ3) is 2.79. The largest absolute Gasteiger partial charge is 0.481 e. The third-order valence-corrected chi connectivity index (χ3v) is 5.50. The van der Waals surface area contributed by atoms with Crippen molar-refractivity contribution in [2.24, 2.45) is 0 Å². The molecule has 1 aromatic rings. The first kappa shape index (κ1) is 15.2. The molecule has 1 atom stereocenters. The van der Waals surface area contributed by atoms with Crippen LogP contribution in [0.4, 0.5) is 4.39 Å². The second-order valence-corrected chi connectivity index (χ2v) is 6.83. The average Bonchev–Trinajstić information content (AvgIpc) is 2.80. The Morgan fingerprint density at radius 3 is 2.85 bits per heavy atom. The molecule has 1 heterocycles. The van der Waals surface area contributed by atoms with Gasteiger partial charge in [0.1, 0.15) is 4.90 Å². The van der Waals surface area contributed by atoms with Gasteiger partial charge in [-0.25, -0.2) is 12.8 Å². The van der Waals surface area contributed by atoms with Gasteiger partial charge in [-0.3, -0.25) is 4.79 Å². The van der Waals surface area contributed by atoms with Crippen molar-refractivity contribution >= 4 is 27.6 Å². The Hall–Kier alpha value is -1.18. The van der Waals surface area contributed by atoms with Crippen LogP contribution in [0.5, 0.6) is 0 Å². The molecule has 2 rings (SSSR count). The van der Waals surface area contributed by atoms with Crippen molar-refractivity contribution in [3.8, 4) is 0 Å². The van der Waals surface area contributed by atoms with Crippen LogP contribution in [0.2, 0.25) is 5.02 Å². The van der Waals surface area contributed by atoms with E-state index in [4.69, 9.17) is 16.7 Å². The molecule has 0 amide bonds. The van der Waals surface area contributed by atoms with Crippen LogP contribution in [0.15, 0.2) is 23.1 Å². The quantitative estimate of drug-likeness (QED) is 0.921. The molecule has 5 nitrogen and oxygen atoms in total. The molecule has 1 aliphatic rings. The standard InChI is InChI=1S/C12H13ClFNO4S/c13-9-4-1-5-10(12(9)14)20(18,19)15-6-2-3-8(15)7-11(16)17/h1,4-5,8H,2-3,6-7H2,(H,16,17). The van der Waals surface area contributed by atoms with Gasteiger partial charge in [0.2, 0.25) is 10.0 Å². The van der Waals surface area contributed by atoms with E-state index in [0.717, 1.165) is 10.4 Å². The summed E-state index contributed by atoms with van der Waals surface area (Å²) in [7, 11) is -4.08. The van der Waals surface area contributed by atoms with E-state index >= 15 is 0 Å². The number of hydrogen-bond donors (Lipinski definition) is 1. The van der Waals surface area contributed by atoms with E-state index in [0.29, 0.717) is 12.8 Å². The number of carbonyl (C=O) groups is 1. The second kappa shape index (κ2) is 5.67. The van der Waals surface area contributed by atoms with E-state index in [1.807, 2.05) is 0 Å². The summed E-state index contributed by atoms with van der Waals surface area (Å²) in [4.78, 5) is 10.3. The first-order valence-corrected chi connectivity index (χ1v) is 7.83. The Labute approximate surface area is 121 Å². The number of carboxylic acids is 1. The summed E-state index contributed by atoms with van der Waals surface area (Å²) >= 11 is 5.60. The van der Waals surface area contributed by atoms with E-state index in [-0.39, 0.29) is 18.0 Å². The zero-order valence-electron chi connectivity index (χ0n) is 10.4. The number of carboxylic acid groups (broad SMARTS) is 1. The molecule has 0 saturated carbocycles.